The zero-order valence-electron chi connectivity index (χ0n) is 28.5. The van der Waals surface area contributed by atoms with Gasteiger partial charge in [-0.05, 0) is 11.8 Å². The molecule has 7 heteroatoms. The number of rotatable bonds is 5. The van der Waals surface area contributed by atoms with Crippen LogP contribution in [0.15, 0.2) is 156 Å². The van der Waals surface area contributed by atoms with Gasteiger partial charge in [0, 0.05) is 26.3 Å². The SMILES string of the molecule is [CH3][Ge]([CH3])([CH3])[c]1ccc2c(c1)oc1c(-c3nc4ccc(-c5ccccc5)nc4n3-c3ccccc3)[c-]ccc12.[Ir].[c-]1ccccc1-c1ccccn1. The summed E-state index contributed by atoms with van der Waals surface area (Å²) >= 11 is -2.01. The zero-order chi connectivity index (χ0) is 34.1. The van der Waals surface area contributed by atoms with E-state index in [0.29, 0.717) is 0 Å². The molecule has 1 radical (unpaired) electrons. The molecule has 0 saturated carbocycles. The normalized spacial score (nSPS) is 11.3. The molecule has 0 saturated heterocycles. The molecule has 0 aliphatic heterocycles. The first kappa shape index (κ1) is 34.3. The predicted molar refractivity (Wildman–Crippen MR) is 207 cm³/mol. The molecule has 0 atom stereocenters. The Morgan fingerprint density at radius 3 is 2.14 bits per heavy atom. The molecule has 0 unspecified atom stereocenters. The third kappa shape index (κ3) is 6.95. The van der Waals surface area contributed by atoms with Crippen LogP contribution in [0.4, 0.5) is 0 Å². The molecular weight excluding hydrogens is 865 g/mol. The first-order valence-corrected chi connectivity index (χ1v) is 24.0. The number of aromatic nitrogens is 4. The summed E-state index contributed by atoms with van der Waals surface area (Å²) in [4.78, 5) is 14.4. The third-order valence-electron chi connectivity index (χ3n) is 8.76. The summed E-state index contributed by atoms with van der Waals surface area (Å²) in [5.41, 5.74) is 9.17. The minimum atomic E-state index is -2.01. The fraction of sp³-hybridized carbons (Fsp3) is 0.0682. The molecule has 0 aliphatic carbocycles. The Hall–Kier alpha value is -5.14. The number of nitrogens with zero attached hydrogens (tertiary/aromatic N) is 4. The summed E-state index contributed by atoms with van der Waals surface area (Å²) in [6.45, 7) is 0. The average Bonchev–Trinajstić information content (AvgIpc) is 3.74. The maximum absolute atomic E-state index is 6.58. The molecule has 0 fully saturated rings. The van der Waals surface area contributed by atoms with Gasteiger partial charge in [0.2, 0.25) is 0 Å². The Kier molecular flexibility index (Phi) is 9.83. The van der Waals surface area contributed by atoms with Crippen molar-refractivity contribution >= 4 is 50.8 Å². The molecule has 4 heterocycles. The van der Waals surface area contributed by atoms with Crippen molar-refractivity contribution in [2.75, 3.05) is 0 Å². The number of hydrogen-bond acceptors (Lipinski definition) is 4. The van der Waals surface area contributed by atoms with E-state index >= 15 is 0 Å². The Bertz CT molecular complexity index is 2530. The molecule has 5 nitrogen and oxygen atoms in total. The molecule has 0 spiro atoms. The average molecular weight is 900 g/mol. The van der Waals surface area contributed by atoms with Crippen LogP contribution in [0.25, 0.3) is 72.7 Å². The number of fused-ring (bicyclic) bond motifs is 4. The number of imidazole rings is 1. The minimum Gasteiger partial charge on any atom is -0.305 e. The van der Waals surface area contributed by atoms with Crippen molar-refractivity contribution in [1.82, 2.24) is 19.5 Å². The number of furan rings is 1. The minimum absolute atomic E-state index is 0. The summed E-state index contributed by atoms with van der Waals surface area (Å²) in [5.74, 6) is 7.98. The van der Waals surface area contributed by atoms with Crippen LogP contribution in [-0.4, -0.2) is 32.8 Å². The summed E-state index contributed by atoms with van der Waals surface area (Å²) < 4.78 is 10.1. The maximum atomic E-state index is 6.58. The van der Waals surface area contributed by atoms with Gasteiger partial charge in [-0.3, -0.25) is 0 Å². The second-order valence-electron chi connectivity index (χ2n) is 13.2. The van der Waals surface area contributed by atoms with Gasteiger partial charge in [-0.2, -0.15) is 0 Å². The van der Waals surface area contributed by atoms with Crippen molar-refractivity contribution in [3.05, 3.63) is 164 Å². The van der Waals surface area contributed by atoms with E-state index in [0.717, 1.165) is 72.7 Å². The smallest absolute Gasteiger partial charge is 0.0160 e. The first-order valence-electron chi connectivity index (χ1n) is 16.7. The van der Waals surface area contributed by atoms with Crippen LogP contribution in [0.3, 0.4) is 0 Å². The molecular formula is C44H34GeIrN4O-2. The van der Waals surface area contributed by atoms with Crippen LogP contribution in [0.2, 0.25) is 17.3 Å². The van der Waals surface area contributed by atoms with E-state index in [1.54, 1.807) is 6.20 Å². The number of para-hydroxylation sites is 1. The Morgan fingerprint density at radius 2 is 1.41 bits per heavy atom. The van der Waals surface area contributed by atoms with Crippen molar-refractivity contribution in [1.29, 1.82) is 0 Å². The molecule has 5 aromatic carbocycles. The van der Waals surface area contributed by atoms with Crippen molar-refractivity contribution in [3.8, 4) is 39.6 Å². The molecule has 9 aromatic rings. The Labute approximate surface area is 313 Å². The fourth-order valence-corrected chi connectivity index (χ4v) is 8.57. The van der Waals surface area contributed by atoms with Gasteiger partial charge in [0.05, 0.1) is 0 Å². The molecule has 0 N–H and O–H groups in total. The predicted octanol–water partition coefficient (Wildman–Crippen LogP) is 10.5. The van der Waals surface area contributed by atoms with E-state index in [-0.39, 0.29) is 20.1 Å². The monoisotopic (exact) mass is 901 g/mol. The van der Waals surface area contributed by atoms with E-state index in [1.807, 2.05) is 97.1 Å². The molecule has 51 heavy (non-hydrogen) atoms. The Morgan fingerprint density at radius 1 is 0.647 bits per heavy atom. The number of hydrogen-bond donors (Lipinski definition) is 0. The quantitative estimate of drug-likeness (QED) is 0.128. The van der Waals surface area contributed by atoms with Crippen molar-refractivity contribution < 1.29 is 24.5 Å². The fourth-order valence-electron chi connectivity index (χ4n) is 6.17. The number of pyridine rings is 2. The third-order valence-corrected chi connectivity index (χ3v) is 13.0. The number of benzene rings is 5. The van der Waals surface area contributed by atoms with Gasteiger partial charge >= 0.3 is 194 Å². The van der Waals surface area contributed by atoms with Gasteiger partial charge in [0.25, 0.3) is 0 Å². The van der Waals surface area contributed by atoms with E-state index in [9.17, 15) is 0 Å². The van der Waals surface area contributed by atoms with E-state index in [2.05, 4.69) is 87.5 Å². The standard InChI is InChI=1S/C33H26GeN3O.C11H8N.Ir/c1-34(2,3)23-17-18-25-26-15-10-16-27(31(26)38-30(25)21-23)32-36-29-20-19-28(22-11-6-4-7-12-22)35-33(29)37(32)24-13-8-5-9-14-24;1-2-6-10(7-3-1)11-8-4-5-9-12-11;/h4-15,17-21H,1-3H3;1-6,8-9H;/q2*-1;. The molecule has 0 aliphatic rings. The van der Waals surface area contributed by atoms with E-state index < -0.39 is 13.3 Å². The van der Waals surface area contributed by atoms with Gasteiger partial charge in [-0.15, -0.1) is 35.9 Å². The van der Waals surface area contributed by atoms with Crippen molar-refractivity contribution in [2.45, 2.75) is 17.3 Å². The van der Waals surface area contributed by atoms with E-state index in [4.69, 9.17) is 14.4 Å². The van der Waals surface area contributed by atoms with Gasteiger partial charge in [0.15, 0.2) is 0 Å². The van der Waals surface area contributed by atoms with Gasteiger partial charge in [0.1, 0.15) is 0 Å². The van der Waals surface area contributed by atoms with Crippen LogP contribution >= 0.6 is 0 Å². The van der Waals surface area contributed by atoms with Crippen LogP contribution in [0, 0.1) is 12.1 Å². The zero-order valence-corrected chi connectivity index (χ0v) is 33.0. The van der Waals surface area contributed by atoms with Crippen LogP contribution < -0.4 is 4.40 Å². The second-order valence-corrected chi connectivity index (χ2v) is 23.8. The summed E-state index contributed by atoms with van der Waals surface area (Å²) in [6.07, 6.45) is 1.79. The van der Waals surface area contributed by atoms with Crippen LogP contribution in [0.1, 0.15) is 0 Å². The summed E-state index contributed by atoms with van der Waals surface area (Å²) in [7, 11) is 0. The van der Waals surface area contributed by atoms with Gasteiger partial charge < -0.3 is 4.98 Å². The van der Waals surface area contributed by atoms with Crippen molar-refractivity contribution in [2.24, 2.45) is 0 Å². The van der Waals surface area contributed by atoms with E-state index in [1.165, 1.54) is 4.40 Å². The molecule has 4 aromatic heterocycles. The van der Waals surface area contributed by atoms with Gasteiger partial charge in [-0.1, -0.05) is 42.5 Å². The molecule has 9 rings (SSSR count). The molecule has 0 bridgehead atoms. The maximum Gasteiger partial charge on any atom is 0.0160 e. The van der Waals surface area contributed by atoms with Gasteiger partial charge in [-0.25, -0.2) is 0 Å². The summed E-state index contributed by atoms with van der Waals surface area (Å²) in [5, 5.41) is 2.20. The van der Waals surface area contributed by atoms with Crippen LogP contribution in [-0.2, 0) is 20.1 Å². The Balaban J connectivity index is 0.000000265. The van der Waals surface area contributed by atoms with Crippen LogP contribution in [0.5, 0.6) is 0 Å². The second kappa shape index (κ2) is 14.6. The molecule has 251 valence electrons. The topological polar surface area (TPSA) is 56.7 Å². The first-order chi connectivity index (χ1) is 24.4. The largest absolute Gasteiger partial charge is 0.305 e. The van der Waals surface area contributed by atoms with Crippen molar-refractivity contribution in [3.63, 3.8) is 0 Å². The molecule has 0 amide bonds. The summed E-state index contributed by atoms with van der Waals surface area (Å²) in [6, 6.07) is 55.7.